The van der Waals surface area contributed by atoms with Gasteiger partial charge in [-0.25, -0.2) is 0 Å². The van der Waals surface area contributed by atoms with E-state index in [1.54, 1.807) is 25.3 Å². The van der Waals surface area contributed by atoms with Crippen molar-refractivity contribution in [2.75, 3.05) is 20.2 Å². The first-order chi connectivity index (χ1) is 8.88. The third-order valence-corrected chi connectivity index (χ3v) is 3.97. The minimum atomic E-state index is -0.666. The molecule has 1 rings (SSSR count). The number of hydrogen-bond acceptors (Lipinski definition) is 3. The number of methoxy groups -OCH3 is 1. The van der Waals surface area contributed by atoms with Gasteiger partial charge in [-0.3, -0.25) is 4.90 Å². The van der Waals surface area contributed by atoms with Gasteiger partial charge in [0.25, 0.3) is 0 Å². The summed E-state index contributed by atoms with van der Waals surface area (Å²) in [6.07, 6.45) is -0.666. The Kier molecular flexibility index (Phi) is 5.65. The standard InChI is InChI=1S/C15H24ClNO2/c1-6-17(7-2)15(3,4)14(18)12-10-11(16)8-9-13(12)19-5/h8-10,14,18H,6-7H2,1-5H3. The van der Waals surface area contributed by atoms with Crippen LogP contribution in [0.15, 0.2) is 18.2 Å². The van der Waals surface area contributed by atoms with Crippen LogP contribution in [-0.2, 0) is 0 Å². The zero-order chi connectivity index (χ0) is 14.6. The van der Waals surface area contributed by atoms with E-state index in [2.05, 4.69) is 18.7 Å². The van der Waals surface area contributed by atoms with Crippen LogP contribution in [0.25, 0.3) is 0 Å². The lowest BCUT2D eigenvalue weighted by atomic mass is 9.89. The molecule has 19 heavy (non-hydrogen) atoms. The summed E-state index contributed by atoms with van der Waals surface area (Å²) in [6, 6.07) is 5.33. The summed E-state index contributed by atoms with van der Waals surface area (Å²) in [5, 5.41) is 11.3. The Balaban J connectivity index is 3.17. The monoisotopic (exact) mass is 285 g/mol. The van der Waals surface area contributed by atoms with Crippen LogP contribution in [0.2, 0.25) is 5.02 Å². The van der Waals surface area contributed by atoms with Crippen molar-refractivity contribution in [1.82, 2.24) is 4.90 Å². The van der Waals surface area contributed by atoms with E-state index in [9.17, 15) is 5.11 Å². The van der Waals surface area contributed by atoms with Crippen molar-refractivity contribution in [2.45, 2.75) is 39.3 Å². The Morgan fingerprint density at radius 1 is 1.32 bits per heavy atom. The third-order valence-electron chi connectivity index (χ3n) is 3.73. The second-order valence-electron chi connectivity index (χ2n) is 5.11. The van der Waals surface area contributed by atoms with E-state index in [1.807, 2.05) is 13.8 Å². The molecule has 0 saturated carbocycles. The van der Waals surface area contributed by atoms with Crippen LogP contribution in [0.1, 0.15) is 39.4 Å². The molecule has 0 amide bonds. The van der Waals surface area contributed by atoms with Gasteiger partial charge < -0.3 is 9.84 Å². The highest BCUT2D eigenvalue weighted by atomic mass is 35.5. The molecule has 0 radical (unpaired) electrons. The van der Waals surface area contributed by atoms with Crippen LogP contribution in [-0.4, -0.2) is 35.7 Å². The average molecular weight is 286 g/mol. The van der Waals surface area contributed by atoms with Gasteiger partial charge in [-0.2, -0.15) is 0 Å². The summed E-state index contributed by atoms with van der Waals surface area (Å²) in [7, 11) is 1.60. The first-order valence-electron chi connectivity index (χ1n) is 6.65. The number of ether oxygens (including phenoxy) is 1. The maximum atomic E-state index is 10.7. The molecule has 0 aliphatic carbocycles. The summed E-state index contributed by atoms with van der Waals surface area (Å²) < 4.78 is 5.33. The van der Waals surface area contributed by atoms with Crippen LogP contribution in [0.5, 0.6) is 5.75 Å². The molecule has 4 heteroatoms. The van der Waals surface area contributed by atoms with Crippen molar-refractivity contribution in [3.8, 4) is 5.75 Å². The van der Waals surface area contributed by atoms with Gasteiger partial charge in [0, 0.05) is 16.1 Å². The minimum absolute atomic E-state index is 0.387. The van der Waals surface area contributed by atoms with Gasteiger partial charge >= 0.3 is 0 Å². The first kappa shape index (κ1) is 16.3. The highest BCUT2D eigenvalue weighted by Crippen LogP contribution is 2.37. The largest absolute Gasteiger partial charge is 0.496 e. The maximum absolute atomic E-state index is 10.7. The van der Waals surface area contributed by atoms with E-state index in [-0.39, 0.29) is 5.54 Å². The molecule has 1 unspecified atom stereocenters. The predicted octanol–water partition coefficient (Wildman–Crippen LogP) is 3.50. The smallest absolute Gasteiger partial charge is 0.124 e. The van der Waals surface area contributed by atoms with E-state index in [0.717, 1.165) is 18.7 Å². The molecule has 0 aliphatic heterocycles. The molecule has 0 bridgehead atoms. The van der Waals surface area contributed by atoms with Crippen LogP contribution in [0.4, 0.5) is 0 Å². The van der Waals surface area contributed by atoms with Crippen LogP contribution < -0.4 is 4.74 Å². The summed E-state index contributed by atoms with van der Waals surface area (Å²) in [4.78, 5) is 2.22. The molecular weight excluding hydrogens is 262 g/mol. The topological polar surface area (TPSA) is 32.7 Å². The summed E-state index contributed by atoms with van der Waals surface area (Å²) in [5.41, 5.74) is 0.341. The van der Waals surface area contributed by atoms with E-state index in [1.165, 1.54) is 0 Å². The minimum Gasteiger partial charge on any atom is -0.496 e. The molecule has 1 aromatic rings. The number of benzene rings is 1. The van der Waals surface area contributed by atoms with E-state index >= 15 is 0 Å². The lowest BCUT2D eigenvalue weighted by molar-refractivity contribution is -0.00741. The molecule has 1 N–H and O–H groups in total. The van der Waals surface area contributed by atoms with Gasteiger partial charge in [0.2, 0.25) is 0 Å². The lowest BCUT2D eigenvalue weighted by Gasteiger charge is -2.41. The Morgan fingerprint density at radius 2 is 1.89 bits per heavy atom. The first-order valence-corrected chi connectivity index (χ1v) is 7.02. The number of rotatable bonds is 6. The lowest BCUT2D eigenvalue weighted by Crippen LogP contribution is -2.48. The highest BCUT2D eigenvalue weighted by molar-refractivity contribution is 6.30. The van der Waals surface area contributed by atoms with Crippen LogP contribution in [0, 0.1) is 0 Å². The van der Waals surface area contributed by atoms with Crippen molar-refractivity contribution in [1.29, 1.82) is 0 Å². The molecule has 0 heterocycles. The number of halogens is 1. The van der Waals surface area contributed by atoms with Gasteiger partial charge in [0.1, 0.15) is 11.9 Å². The van der Waals surface area contributed by atoms with Crippen LogP contribution in [0.3, 0.4) is 0 Å². The fraction of sp³-hybridized carbons (Fsp3) is 0.600. The summed E-state index contributed by atoms with van der Waals surface area (Å²) >= 11 is 6.04. The molecule has 1 aromatic carbocycles. The number of likely N-dealkylation sites (N-methyl/N-ethyl adjacent to an activating group) is 1. The SMILES string of the molecule is CCN(CC)C(C)(C)C(O)c1cc(Cl)ccc1OC. The molecule has 0 aromatic heterocycles. The van der Waals surface area contributed by atoms with E-state index in [4.69, 9.17) is 16.3 Å². The Bertz CT molecular complexity index is 417. The molecule has 108 valence electrons. The Morgan fingerprint density at radius 3 is 2.37 bits per heavy atom. The van der Waals surface area contributed by atoms with Crippen molar-refractivity contribution >= 4 is 11.6 Å². The van der Waals surface area contributed by atoms with Crippen molar-refractivity contribution < 1.29 is 9.84 Å². The second kappa shape index (κ2) is 6.60. The second-order valence-corrected chi connectivity index (χ2v) is 5.55. The third kappa shape index (κ3) is 3.41. The zero-order valence-corrected chi connectivity index (χ0v) is 13.2. The fourth-order valence-corrected chi connectivity index (χ4v) is 2.69. The van der Waals surface area contributed by atoms with Gasteiger partial charge in [0.15, 0.2) is 0 Å². The van der Waals surface area contributed by atoms with Crippen molar-refractivity contribution in [3.63, 3.8) is 0 Å². The fourth-order valence-electron chi connectivity index (χ4n) is 2.51. The number of aliphatic hydroxyl groups is 1. The van der Waals surface area contributed by atoms with Gasteiger partial charge in [-0.1, -0.05) is 25.4 Å². The molecule has 0 aliphatic rings. The van der Waals surface area contributed by atoms with Crippen LogP contribution >= 0.6 is 11.6 Å². The zero-order valence-electron chi connectivity index (χ0n) is 12.4. The van der Waals surface area contributed by atoms with Gasteiger partial charge in [-0.05, 0) is 45.1 Å². The van der Waals surface area contributed by atoms with Crippen molar-refractivity contribution in [2.24, 2.45) is 0 Å². The molecule has 3 nitrogen and oxygen atoms in total. The summed E-state index contributed by atoms with van der Waals surface area (Å²) in [5.74, 6) is 0.664. The van der Waals surface area contributed by atoms with Gasteiger partial charge in [0.05, 0.1) is 7.11 Å². The predicted molar refractivity (Wildman–Crippen MR) is 80.0 cm³/mol. The number of aliphatic hydroxyl groups excluding tert-OH is 1. The Labute approximate surface area is 121 Å². The normalized spacial score (nSPS) is 13.7. The highest BCUT2D eigenvalue weighted by Gasteiger charge is 2.35. The van der Waals surface area contributed by atoms with E-state index < -0.39 is 6.10 Å². The molecule has 1 atom stereocenters. The van der Waals surface area contributed by atoms with Gasteiger partial charge in [-0.15, -0.1) is 0 Å². The van der Waals surface area contributed by atoms with Crippen molar-refractivity contribution in [3.05, 3.63) is 28.8 Å². The molecule has 0 saturated heterocycles. The summed E-state index contributed by atoms with van der Waals surface area (Å²) in [6.45, 7) is 10.0. The number of hydrogen-bond donors (Lipinski definition) is 1. The maximum Gasteiger partial charge on any atom is 0.124 e. The number of nitrogens with zero attached hydrogens (tertiary/aromatic N) is 1. The Hall–Kier alpha value is -0.770. The van der Waals surface area contributed by atoms with E-state index in [0.29, 0.717) is 10.8 Å². The molecular formula is C15H24ClNO2. The molecule has 0 spiro atoms. The average Bonchev–Trinajstić information content (AvgIpc) is 2.38. The quantitative estimate of drug-likeness (QED) is 0.868. The molecule has 0 fully saturated rings.